The molecule has 2 rings (SSSR count). The Morgan fingerprint density at radius 2 is 1.92 bits per heavy atom. The molecular formula is C19H30N4O2. The first-order valence-electron chi connectivity index (χ1n) is 8.69. The zero-order chi connectivity index (χ0) is 18.5. The first-order valence-corrected chi connectivity index (χ1v) is 8.69. The Hall–Kier alpha value is -2.24. The van der Waals surface area contributed by atoms with Crippen LogP contribution >= 0.6 is 0 Å². The van der Waals surface area contributed by atoms with Gasteiger partial charge in [0.15, 0.2) is 5.96 Å². The van der Waals surface area contributed by atoms with Crippen LogP contribution in [0.15, 0.2) is 29.3 Å². The van der Waals surface area contributed by atoms with Gasteiger partial charge in [-0.25, -0.2) is 0 Å². The molecule has 0 unspecified atom stereocenters. The minimum atomic E-state index is -0.238. The lowest BCUT2D eigenvalue weighted by Gasteiger charge is -2.22. The van der Waals surface area contributed by atoms with Crippen molar-refractivity contribution in [3.63, 3.8) is 0 Å². The molecule has 0 saturated heterocycles. The minimum Gasteiger partial charge on any atom is -0.496 e. The maximum Gasteiger partial charge on any atom is 0.239 e. The Balaban J connectivity index is 1.90. The second-order valence-corrected chi connectivity index (χ2v) is 7.56. The average Bonchev–Trinajstić information content (AvgIpc) is 3.34. The number of ether oxygens (including phenoxy) is 1. The van der Waals surface area contributed by atoms with Crippen molar-refractivity contribution in [1.29, 1.82) is 0 Å². The summed E-state index contributed by atoms with van der Waals surface area (Å²) in [5.41, 5.74) is 1.07. The first kappa shape index (κ1) is 19.1. The van der Waals surface area contributed by atoms with E-state index >= 15 is 0 Å². The highest BCUT2D eigenvalue weighted by molar-refractivity contribution is 5.86. The number of guanidine groups is 1. The van der Waals surface area contributed by atoms with Crippen molar-refractivity contribution >= 4 is 11.9 Å². The van der Waals surface area contributed by atoms with E-state index in [1.54, 1.807) is 14.2 Å². The van der Waals surface area contributed by atoms with Crippen molar-refractivity contribution < 1.29 is 9.53 Å². The van der Waals surface area contributed by atoms with Crippen LogP contribution in [0.1, 0.15) is 39.2 Å². The van der Waals surface area contributed by atoms with Crippen LogP contribution in [0.3, 0.4) is 0 Å². The molecule has 1 fully saturated rings. The normalized spacial score (nSPS) is 16.1. The highest BCUT2D eigenvalue weighted by Crippen LogP contribution is 2.50. The number of carbonyl (C=O) groups is 1. The molecule has 138 valence electrons. The molecule has 0 radical (unpaired) electrons. The lowest BCUT2D eigenvalue weighted by atomic mass is 9.95. The molecule has 1 amide bonds. The molecule has 6 nitrogen and oxygen atoms in total. The SMILES string of the molecule is CN=C(NCC(=O)NC(C)(C)C)NCC1(c2ccccc2OC)CC1. The molecule has 1 saturated carbocycles. The van der Waals surface area contributed by atoms with Gasteiger partial charge in [-0.3, -0.25) is 9.79 Å². The number of nitrogens with zero attached hydrogens (tertiary/aromatic N) is 1. The number of rotatable bonds is 6. The molecular weight excluding hydrogens is 316 g/mol. The number of nitrogens with one attached hydrogen (secondary N) is 3. The summed E-state index contributed by atoms with van der Waals surface area (Å²) in [6, 6.07) is 8.15. The smallest absolute Gasteiger partial charge is 0.239 e. The van der Waals surface area contributed by atoms with Gasteiger partial charge in [-0.1, -0.05) is 18.2 Å². The summed E-state index contributed by atoms with van der Waals surface area (Å²) in [5, 5.41) is 9.33. The van der Waals surface area contributed by atoms with E-state index in [4.69, 9.17) is 4.74 Å². The van der Waals surface area contributed by atoms with Gasteiger partial charge in [0.05, 0.1) is 13.7 Å². The van der Waals surface area contributed by atoms with Crippen LogP contribution in [0.5, 0.6) is 5.75 Å². The number of para-hydroxylation sites is 1. The third-order valence-electron chi connectivity index (χ3n) is 4.28. The molecule has 1 aliphatic rings. The number of methoxy groups -OCH3 is 1. The van der Waals surface area contributed by atoms with E-state index in [-0.39, 0.29) is 23.4 Å². The standard InChI is InChI=1S/C19H30N4O2/c1-18(2,3)23-16(24)12-21-17(20-4)22-13-19(10-11-19)14-8-6-7-9-15(14)25-5/h6-9H,10-13H2,1-5H3,(H,23,24)(H2,20,21,22). The molecule has 0 aromatic heterocycles. The Morgan fingerprint density at radius 1 is 1.24 bits per heavy atom. The summed E-state index contributed by atoms with van der Waals surface area (Å²) in [4.78, 5) is 16.1. The van der Waals surface area contributed by atoms with E-state index in [1.807, 2.05) is 39.0 Å². The third-order valence-corrected chi connectivity index (χ3v) is 4.28. The van der Waals surface area contributed by atoms with Crippen LogP contribution in [0, 0.1) is 0 Å². The van der Waals surface area contributed by atoms with Gasteiger partial charge in [-0.15, -0.1) is 0 Å². The summed E-state index contributed by atoms with van der Waals surface area (Å²) in [6.45, 7) is 6.83. The fraction of sp³-hybridized carbons (Fsp3) is 0.579. The second kappa shape index (κ2) is 7.76. The Bertz CT molecular complexity index is 631. The van der Waals surface area contributed by atoms with Gasteiger partial charge in [0.1, 0.15) is 5.75 Å². The van der Waals surface area contributed by atoms with Crippen molar-refractivity contribution in [1.82, 2.24) is 16.0 Å². The van der Waals surface area contributed by atoms with Crippen LogP contribution in [-0.4, -0.2) is 44.7 Å². The molecule has 0 heterocycles. The zero-order valence-electron chi connectivity index (χ0n) is 15.9. The molecule has 1 aromatic rings. The van der Waals surface area contributed by atoms with Crippen LogP contribution in [0.4, 0.5) is 0 Å². The van der Waals surface area contributed by atoms with Gasteiger partial charge in [-0.2, -0.15) is 0 Å². The number of amides is 1. The quantitative estimate of drug-likeness (QED) is 0.542. The Kier molecular flexibility index (Phi) is 5.93. The molecule has 0 aliphatic heterocycles. The lowest BCUT2D eigenvalue weighted by molar-refractivity contribution is -0.121. The van der Waals surface area contributed by atoms with E-state index in [0.717, 1.165) is 25.1 Å². The molecule has 1 aromatic carbocycles. The summed E-state index contributed by atoms with van der Waals surface area (Å²) >= 11 is 0. The molecule has 0 spiro atoms. The predicted octanol–water partition coefficient (Wildman–Crippen LogP) is 1.81. The zero-order valence-corrected chi connectivity index (χ0v) is 15.9. The largest absolute Gasteiger partial charge is 0.496 e. The van der Waals surface area contributed by atoms with Gasteiger partial charge in [-0.05, 0) is 39.7 Å². The van der Waals surface area contributed by atoms with Gasteiger partial charge >= 0.3 is 0 Å². The topological polar surface area (TPSA) is 74.8 Å². The van der Waals surface area contributed by atoms with Crippen LogP contribution in [0.2, 0.25) is 0 Å². The van der Waals surface area contributed by atoms with E-state index in [9.17, 15) is 4.79 Å². The highest BCUT2D eigenvalue weighted by atomic mass is 16.5. The maximum absolute atomic E-state index is 11.9. The van der Waals surface area contributed by atoms with Crippen molar-refractivity contribution in [2.45, 2.75) is 44.6 Å². The van der Waals surface area contributed by atoms with E-state index in [2.05, 4.69) is 27.0 Å². The van der Waals surface area contributed by atoms with E-state index in [1.165, 1.54) is 5.56 Å². The minimum absolute atomic E-state index is 0.0543. The molecule has 0 atom stereocenters. The van der Waals surface area contributed by atoms with Gasteiger partial charge in [0.2, 0.25) is 5.91 Å². The molecule has 3 N–H and O–H groups in total. The average molecular weight is 346 g/mol. The van der Waals surface area contributed by atoms with Gasteiger partial charge in [0, 0.05) is 30.1 Å². The van der Waals surface area contributed by atoms with E-state index < -0.39 is 0 Å². The molecule has 25 heavy (non-hydrogen) atoms. The number of aliphatic imine (C=N–C) groups is 1. The van der Waals surface area contributed by atoms with Crippen LogP contribution < -0.4 is 20.7 Å². The molecule has 1 aliphatic carbocycles. The fourth-order valence-electron chi connectivity index (χ4n) is 2.87. The monoisotopic (exact) mass is 346 g/mol. The first-order chi connectivity index (χ1) is 11.8. The fourth-order valence-corrected chi connectivity index (χ4v) is 2.87. The molecule has 6 heteroatoms. The predicted molar refractivity (Wildman–Crippen MR) is 101 cm³/mol. The number of hydrogen-bond acceptors (Lipinski definition) is 3. The summed E-state index contributed by atoms with van der Waals surface area (Å²) in [6.07, 6.45) is 2.23. The van der Waals surface area contributed by atoms with Crippen LogP contribution in [-0.2, 0) is 10.2 Å². The number of hydrogen-bond donors (Lipinski definition) is 3. The van der Waals surface area contributed by atoms with Crippen molar-refractivity contribution in [3.05, 3.63) is 29.8 Å². The Morgan fingerprint density at radius 3 is 2.48 bits per heavy atom. The molecule has 0 bridgehead atoms. The van der Waals surface area contributed by atoms with Gasteiger partial charge < -0.3 is 20.7 Å². The number of carbonyl (C=O) groups excluding carboxylic acids is 1. The van der Waals surface area contributed by atoms with Crippen LogP contribution in [0.25, 0.3) is 0 Å². The maximum atomic E-state index is 11.9. The lowest BCUT2D eigenvalue weighted by Crippen LogP contribution is -2.49. The summed E-state index contributed by atoms with van der Waals surface area (Å²) in [7, 11) is 3.41. The second-order valence-electron chi connectivity index (χ2n) is 7.56. The van der Waals surface area contributed by atoms with E-state index in [0.29, 0.717) is 5.96 Å². The number of benzene rings is 1. The summed E-state index contributed by atoms with van der Waals surface area (Å²) in [5.74, 6) is 1.50. The Labute approximate surface area is 150 Å². The van der Waals surface area contributed by atoms with Gasteiger partial charge in [0.25, 0.3) is 0 Å². The highest BCUT2D eigenvalue weighted by Gasteiger charge is 2.46. The van der Waals surface area contributed by atoms with Crippen molar-refractivity contribution in [2.75, 3.05) is 27.2 Å². The van der Waals surface area contributed by atoms with Crippen molar-refractivity contribution in [2.24, 2.45) is 4.99 Å². The third kappa shape index (κ3) is 5.37. The van der Waals surface area contributed by atoms with Crippen molar-refractivity contribution in [3.8, 4) is 5.75 Å². The summed E-state index contributed by atoms with van der Waals surface area (Å²) < 4.78 is 5.50.